The molecular formula is C37H25N3. The van der Waals surface area contributed by atoms with Gasteiger partial charge in [-0.3, -0.25) is 0 Å². The molecule has 0 saturated heterocycles. The van der Waals surface area contributed by atoms with Crippen molar-refractivity contribution in [2.75, 3.05) is 0 Å². The van der Waals surface area contributed by atoms with Crippen LogP contribution in [0, 0.1) is 0 Å². The van der Waals surface area contributed by atoms with Crippen LogP contribution in [0.4, 0.5) is 0 Å². The number of hydrogen-bond donors (Lipinski definition) is 0. The topological polar surface area (TPSA) is 22.8 Å². The average molecular weight is 512 g/mol. The van der Waals surface area contributed by atoms with E-state index in [1.165, 1.54) is 38.4 Å². The van der Waals surface area contributed by atoms with Crippen LogP contribution in [0.2, 0.25) is 0 Å². The first-order chi connectivity index (χ1) is 19.8. The van der Waals surface area contributed by atoms with Gasteiger partial charge in [0.05, 0.1) is 27.9 Å². The second-order valence-corrected chi connectivity index (χ2v) is 10.1. The van der Waals surface area contributed by atoms with Crippen molar-refractivity contribution in [3.8, 4) is 33.9 Å². The quantitative estimate of drug-likeness (QED) is 0.231. The van der Waals surface area contributed by atoms with Gasteiger partial charge in [-0.05, 0) is 48.5 Å². The highest BCUT2D eigenvalue weighted by Crippen LogP contribution is 2.38. The van der Waals surface area contributed by atoms with E-state index in [1.807, 2.05) is 12.1 Å². The monoisotopic (exact) mass is 511 g/mol. The molecule has 0 unspecified atom stereocenters. The largest absolute Gasteiger partial charge is 0.316 e. The van der Waals surface area contributed by atoms with Gasteiger partial charge in [-0.15, -0.1) is 0 Å². The minimum absolute atomic E-state index is 0.959. The Hall–Kier alpha value is -5.41. The summed E-state index contributed by atoms with van der Waals surface area (Å²) < 4.78 is 4.67. The normalized spacial score (nSPS) is 11.5. The smallest absolute Gasteiger partial charge is 0.0730 e. The fourth-order valence-corrected chi connectivity index (χ4v) is 5.93. The number of aromatic nitrogens is 3. The lowest BCUT2D eigenvalue weighted by atomic mass is 10.1. The van der Waals surface area contributed by atoms with Gasteiger partial charge in [0.2, 0.25) is 0 Å². The molecule has 0 bridgehead atoms. The molecule has 8 rings (SSSR count). The van der Waals surface area contributed by atoms with Crippen molar-refractivity contribution in [2.45, 2.75) is 0 Å². The molecular weight excluding hydrogens is 486 g/mol. The highest BCUT2D eigenvalue weighted by atomic mass is 15.0. The fourth-order valence-electron chi connectivity index (χ4n) is 5.93. The van der Waals surface area contributed by atoms with Crippen LogP contribution in [-0.4, -0.2) is 14.1 Å². The third-order valence-corrected chi connectivity index (χ3v) is 7.75. The highest BCUT2D eigenvalue weighted by Gasteiger charge is 2.17. The summed E-state index contributed by atoms with van der Waals surface area (Å²) in [7, 11) is 0. The number of benzene rings is 5. The van der Waals surface area contributed by atoms with Gasteiger partial charge in [-0.2, -0.15) is 0 Å². The molecule has 40 heavy (non-hydrogen) atoms. The first-order valence-corrected chi connectivity index (χ1v) is 13.6. The SMILES string of the molecule is c1ccc(-c2cc(-n3ccc4c5c6ccccc6n(-c6ccccc6)c5ccc43)cc(-c3ccccc3)n2)cc1. The molecule has 5 aromatic carbocycles. The maximum atomic E-state index is 5.07. The number of hydrogen-bond acceptors (Lipinski definition) is 1. The van der Waals surface area contributed by atoms with E-state index in [1.54, 1.807) is 0 Å². The van der Waals surface area contributed by atoms with Crippen molar-refractivity contribution in [1.29, 1.82) is 0 Å². The highest BCUT2D eigenvalue weighted by molar-refractivity contribution is 6.21. The molecule has 0 amide bonds. The lowest BCUT2D eigenvalue weighted by Gasteiger charge is -2.12. The van der Waals surface area contributed by atoms with Gasteiger partial charge in [-0.1, -0.05) is 97.1 Å². The number of pyridine rings is 1. The summed E-state index contributed by atoms with van der Waals surface area (Å²) in [6.45, 7) is 0. The molecule has 8 aromatic rings. The van der Waals surface area contributed by atoms with E-state index in [9.17, 15) is 0 Å². The Morgan fingerprint density at radius 2 is 0.975 bits per heavy atom. The standard InChI is InChI=1S/C37H25N3/c1-4-12-26(13-5-1)32-24-29(25-33(38-32)27-14-6-2-7-15-27)39-23-22-31-34(39)20-21-36-37(31)30-18-10-11-19-35(30)40(36)28-16-8-3-9-17-28/h1-25H. The van der Waals surface area contributed by atoms with Crippen molar-refractivity contribution in [3.63, 3.8) is 0 Å². The van der Waals surface area contributed by atoms with Crippen LogP contribution >= 0.6 is 0 Å². The molecule has 0 aliphatic heterocycles. The maximum Gasteiger partial charge on any atom is 0.0730 e. The van der Waals surface area contributed by atoms with Crippen molar-refractivity contribution >= 4 is 32.7 Å². The van der Waals surface area contributed by atoms with Gasteiger partial charge in [0.15, 0.2) is 0 Å². The Kier molecular flexibility index (Phi) is 5.14. The Labute approximate surface area is 232 Å². The molecule has 0 spiro atoms. The Morgan fingerprint density at radius 1 is 0.425 bits per heavy atom. The molecule has 3 aromatic heterocycles. The molecule has 3 nitrogen and oxygen atoms in total. The molecule has 0 aliphatic rings. The molecule has 188 valence electrons. The van der Waals surface area contributed by atoms with E-state index in [-0.39, 0.29) is 0 Å². The summed E-state index contributed by atoms with van der Waals surface area (Å²) in [5.74, 6) is 0. The predicted octanol–water partition coefficient (Wildman–Crippen LogP) is 9.46. The van der Waals surface area contributed by atoms with Crippen LogP contribution in [0.15, 0.2) is 152 Å². The molecule has 0 atom stereocenters. The summed E-state index contributed by atoms with van der Waals surface area (Å²) in [5.41, 5.74) is 9.98. The second-order valence-electron chi connectivity index (χ2n) is 10.1. The van der Waals surface area contributed by atoms with Gasteiger partial charge < -0.3 is 9.13 Å². The maximum absolute atomic E-state index is 5.07. The third-order valence-electron chi connectivity index (χ3n) is 7.75. The Bertz CT molecular complexity index is 2080. The summed E-state index contributed by atoms with van der Waals surface area (Å²) in [6.07, 6.45) is 2.19. The zero-order valence-electron chi connectivity index (χ0n) is 21.8. The lowest BCUT2D eigenvalue weighted by molar-refractivity contribution is 1.11. The van der Waals surface area contributed by atoms with E-state index < -0.39 is 0 Å². The number of rotatable bonds is 4. The molecule has 3 heteroatoms. The molecule has 0 fully saturated rings. The molecule has 0 aliphatic carbocycles. The number of para-hydroxylation sites is 2. The van der Waals surface area contributed by atoms with Crippen LogP contribution in [0.5, 0.6) is 0 Å². The summed E-state index contributed by atoms with van der Waals surface area (Å²) in [6, 6.07) is 51.3. The Balaban J connectivity index is 1.39. The van der Waals surface area contributed by atoms with Crippen LogP contribution in [-0.2, 0) is 0 Å². The van der Waals surface area contributed by atoms with Gasteiger partial charge >= 0.3 is 0 Å². The zero-order chi connectivity index (χ0) is 26.5. The summed E-state index contributed by atoms with van der Waals surface area (Å²) >= 11 is 0. The second kappa shape index (κ2) is 9.11. The van der Waals surface area contributed by atoms with Crippen molar-refractivity contribution in [2.24, 2.45) is 0 Å². The minimum atomic E-state index is 0.959. The van der Waals surface area contributed by atoms with E-state index in [2.05, 4.69) is 149 Å². The Morgan fingerprint density at radius 3 is 1.65 bits per heavy atom. The van der Waals surface area contributed by atoms with E-state index in [0.29, 0.717) is 0 Å². The summed E-state index contributed by atoms with van der Waals surface area (Å²) in [4.78, 5) is 5.07. The average Bonchev–Trinajstić information content (AvgIpc) is 3.61. The molecule has 3 heterocycles. The third kappa shape index (κ3) is 3.56. The van der Waals surface area contributed by atoms with E-state index in [4.69, 9.17) is 4.98 Å². The van der Waals surface area contributed by atoms with Crippen LogP contribution in [0.25, 0.3) is 66.6 Å². The first-order valence-electron chi connectivity index (χ1n) is 13.6. The van der Waals surface area contributed by atoms with Crippen LogP contribution in [0.3, 0.4) is 0 Å². The van der Waals surface area contributed by atoms with E-state index >= 15 is 0 Å². The van der Waals surface area contributed by atoms with Crippen molar-refractivity contribution in [1.82, 2.24) is 14.1 Å². The zero-order valence-corrected chi connectivity index (χ0v) is 21.8. The summed E-state index contributed by atoms with van der Waals surface area (Å²) in [5, 5.41) is 3.77. The van der Waals surface area contributed by atoms with Gasteiger partial charge in [0.1, 0.15) is 0 Å². The molecule has 0 radical (unpaired) electrons. The van der Waals surface area contributed by atoms with Gasteiger partial charge in [0, 0.05) is 44.9 Å². The van der Waals surface area contributed by atoms with Crippen molar-refractivity contribution < 1.29 is 0 Å². The number of nitrogens with zero attached hydrogens (tertiary/aromatic N) is 3. The number of fused-ring (bicyclic) bond motifs is 5. The van der Waals surface area contributed by atoms with Crippen LogP contribution in [0.1, 0.15) is 0 Å². The predicted molar refractivity (Wildman–Crippen MR) is 166 cm³/mol. The molecule has 0 N–H and O–H groups in total. The lowest BCUT2D eigenvalue weighted by Crippen LogP contribution is -1.97. The molecule has 0 saturated carbocycles. The fraction of sp³-hybridized carbons (Fsp3) is 0. The van der Waals surface area contributed by atoms with Crippen molar-refractivity contribution in [3.05, 3.63) is 152 Å². The van der Waals surface area contributed by atoms with E-state index in [0.717, 1.165) is 28.2 Å². The van der Waals surface area contributed by atoms with Crippen LogP contribution < -0.4 is 0 Å². The van der Waals surface area contributed by atoms with Gasteiger partial charge in [0.25, 0.3) is 0 Å². The van der Waals surface area contributed by atoms with Gasteiger partial charge in [-0.25, -0.2) is 4.98 Å². The first kappa shape index (κ1) is 22.6. The minimum Gasteiger partial charge on any atom is -0.316 e.